The first kappa shape index (κ1) is 11.9. The second-order valence-corrected chi connectivity index (χ2v) is 6.21. The monoisotopic (exact) mass is 262 g/mol. The number of furan rings is 1. The number of hydrogen-bond acceptors (Lipinski definition) is 4. The summed E-state index contributed by atoms with van der Waals surface area (Å²) < 4.78 is 5.66. The van der Waals surface area contributed by atoms with Gasteiger partial charge in [-0.1, -0.05) is 0 Å². The van der Waals surface area contributed by atoms with Crippen LogP contribution in [0.15, 0.2) is 16.5 Å². The molecular weight excluding hydrogens is 244 g/mol. The molecule has 1 N–H and O–H groups in total. The maximum atomic E-state index is 5.66. The summed E-state index contributed by atoms with van der Waals surface area (Å²) in [6, 6.07) is 4.61. The fourth-order valence-corrected chi connectivity index (χ4v) is 3.49. The molecule has 3 heterocycles. The zero-order chi connectivity index (χ0) is 12.5. The molecule has 1 unspecified atom stereocenters. The number of rotatable bonds is 3. The molecule has 0 saturated carbocycles. The highest BCUT2D eigenvalue weighted by molar-refractivity contribution is 7.12. The van der Waals surface area contributed by atoms with Crippen LogP contribution in [0.3, 0.4) is 0 Å². The lowest BCUT2D eigenvalue weighted by Gasteiger charge is -2.06. The van der Waals surface area contributed by atoms with E-state index in [1.165, 1.54) is 22.7 Å². The van der Waals surface area contributed by atoms with Crippen LogP contribution in [0.25, 0.3) is 11.5 Å². The minimum Gasteiger partial charge on any atom is -0.460 e. The SMILES string of the molecule is Cc1ccc(-c2nc(CC3CCCN3)sc2C)o1. The Morgan fingerprint density at radius 2 is 2.33 bits per heavy atom. The Bertz CT molecular complexity index is 538. The molecule has 0 aromatic carbocycles. The van der Waals surface area contributed by atoms with Crippen molar-refractivity contribution in [3.05, 3.63) is 27.8 Å². The highest BCUT2D eigenvalue weighted by Crippen LogP contribution is 2.29. The first-order chi connectivity index (χ1) is 8.72. The van der Waals surface area contributed by atoms with Gasteiger partial charge in [0.05, 0.1) is 5.01 Å². The van der Waals surface area contributed by atoms with Crippen LogP contribution in [-0.4, -0.2) is 17.6 Å². The van der Waals surface area contributed by atoms with Gasteiger partial charge in [-0.25, -0.2) is 4.98 Å². The zero-order valence-corrected chi connectivity index (χ0v) is 11.6. The quantitative estimate of drug-likeness (QED) is 0.922. The third kappa shape index (κ3) is 2.35. The van der Waals surface area contributed by atoms with Gasteiger partial charge in [-0.3, -0.25) is 0 Å². The second kappa shape index (κ2) is 4.86. The molecule has 0 spiro atoms. The second-order valence-electron chi connectivity index (χ2n) is 4.92. The number of nitrogens with zero attached hydrogens (tertiary/aromatic N) is 1. The molecule has 0 radical (unpaired) electrons. The predicted octanol–water partition coefficient (Wildman–Crippen LogP) is 3.31. The number of thiazole rings is 1. The molecule has 2 aromatic heterocycles. The van der Waals surface area contributed by atoms with E-state index in [9.17, 15) is 0 Å². The van der Waals surface area contributed by atoms with Crippen molar-refractivity contribution in [3.63, 3.8) is 0 Å². The van der Waals surface area contributed by atoms with E-state index < -0.39 is 0 Å². The third-order valence-electron chi connectivity index (χ3n) is 3.40. The summed E-state index contributed by atoms with van der Waals surface area (Å²) in [6.45, 7) is 5.24. The summed E-state index contributed by atoms with van der Waals surface area (Å²) in [5.74, 6) is 1.84. The molecular formula is C14H18N2OS. The smallest absolute Gasteiger partial charge is 0.153 e. The number of aryl methyl sites for hydroxylation is 2. The molecule has 1 aliphatic rings. The Hall–Kier alpha value is -1.13. The lowest BCUT2D eigenvalue weighted by molar-refractivity contribution is 0.545. The molecule has 4 heteroatoms. The van der Waals surface area contributed by atoms with Crippen LogP contribution in [0.2, 0.25) is 0 Å². The molecule has 1 aliphatic heterocycles. The summed E-state index contributed by atoms with van der Waals surface area (Å²) in [7, 11) is 0. The molecule has 2 aromatic rings. The van der Waals surface area contributed by atoms with E-state index in [1.54, 1.807) is 11.3 Å². The van der Waals surface area contributed by atoms with Gasteiger partial charge in [-0.2, -0.15) is 0 Å². The highest BCUT2D eigenvalue weighted by atomic mass is 32.1. The maximum Gasteiger partial charge on any atom is 0.153 e. The van der Waals surface area contributed by atoms with Gasteiger partial charge in [0.15, 0.2) is 5.76 Å². The average Bonchev–Trinajstić information content (AvgIpc) is 3.02. The van der Waals surface area contributed by atoms with Crippen LogP contribution >= 0.6 is 11.3 Å². The third-order valence-corrected chi connectivity index (χ3v) is 4.39. The van der Waals surface area contributed by atoms with Gasteiger partial charge >= 0.3 is 0 Å². The Morgan fingerprint density at radius 3 is 3.00 bits per heavy atom. The van der Waals surface area contributed by atoms with E-state index in [1.807, 2.05) is 19.1 Å². The number of nitrogens with one attached hydrogen (secondary N) is 1. The summed E-state index contributed by atoms with van der Waals surface area (Å²) in [5.41, 5.74) is 1.01. The van der Waals surface area contributed by atoms with E-state index in [2.05, 4.69) is 12.2 Å². The van der Waals surface area contributed by atoms with Gasteiger partial charge in [0, 0.05) is 17.3 Å². The van der Waals surface area contributed by atoms with E-state index >= 15 is 0 Å². The van der Waals surface area contributed by atoms with Crippen molar-refractivity contribution in [1.82, 2.24) is 10.3 Å². The summed E-state index contributed by atoms with van der Waals surface area (Å²) >= 11 is 1.79. The number of aromatic nitrogens is 1. The van der Waals surface area contributed by atoms with Crippen LogP contribution in [-0.2, 0) is 6.42 Å². The van der Waals surface area contributed by atoms with Crippen LogP contribution in [0.1, 0.15) is 28.5 Å². The van der Waals surface area contributed by atoms with Gasteiger partial charge < -0.3 is 9.73 Å². The normalized spacial score (nSPS) is 19.6. The van der Waals surface area contributed by atoms with E-state index in [0.717, 1.165) is 30.2 Å². The van der Waals surface area contributed by atoms with Gasteiger partial charge in [0.1, 0.15) is 11.5 Å². The van der Waals surface area contributed by atoms with Crippen molar-refractivity contribution in [2.24, 2.45) is 0 Å². The lowest BCUT2D eigenvalue weighted by atomic mass is 10.2. The predicted molar refractivity (Wildman–Crippen MR) is 74.0 cm³/mol. The summed E-state index contributed by atoms with van der Waals surface area (Å²) in [6.07, 6.45) is 3.61. The Morgan fingerprint density at radius 1 is 1.44 bits per heavy atom. The first-order valence-corrected chi connectivity index (χ1v) is 7.30. The molecule has 18 heavy (non-hydrogen) atoms. The standard InChI is InChI=1S/C14H18N2OS/c1-9-5-6-12(17-9)14-10(2)18-13(16-14)8-11-4-3-7-15-11/h5-6,11,15H,3-4,7-8H2,1-2H3. The van der Waals surface area contributed by atoms with E-state index in [-0.39, 0.29) is 0 Å². The molecule has 1 fully saturated rings. The van der Waals surface area contributed by atoms with E-state index in [4.69, 9.17) is 9.40 Å². The largest absolute Gasteiger partial charge is 0.460 e. The first-order valence-electron chi connectivity index (χ1n) is 6.49. The molecule has 0 bridgehead atoms. The topological polar surface area (TPSA) is 38.1 Å². The molecule has 96 valence electrons. The van der Waals surface area contributed by atoms with Gasteiger partial charge in [0.2, 0.25) is 0 Å². The Kier molecular flexibility index (Phi) is 3.22. The van der Waals surface area contributed by atoms with E-state index in [0.29, 0.717) is 6.04 Å². The lowest BCUT2D eigenvalue weighted by Crippen LogP contribution is -2.23. The van der Waals surface area contributed by atoms with Crippen molar-refractivity contribution >= 4 is 11.3 Å². The van der Waals surface area contributed by atoms with Crippen molar-refractivity contribution in [1.29, 1.82) is 0 Å². The molecule has 3 nitrogen and oxygen atoms in total. The van der Waals surface area contributed by atoms with Crippen LogP contribution in [0.4, 0.5) is 0 Å². The van der Waals surface area contributed by atoms with Crippen molar-refractivity contribution in [3.8, 4) is 11.5 Å². The van der Waals surface area contributed by atoms with Crippen LogP contribution in [0, 0.1) is 13.8 Å². The van der Waals surface area contributed by atoms with Crippen LogP contribution in [0.5, 0.6) is 0 Å². The van der Waals surface area contributed by atoms with Crippen LogP contribution < -0.4 is 5.32 Å². The molecule has 1 atom stereocenters. The molecule has 0 aliphatic carbocycles. The van der Waals surface area contributed by atoms with Crippen molar-refractivity contribution < 1.29 is 4.42 Å². The molecule has 0 amide bonds. The molecule has 3 rings (SSSR count). The maximum absolute atomic E-state index is 5.66. The minimum absolute atomic E-state index is 0.613. The number of hydrogen-bond donors (Lipinski definition) is 1. The van der Waals surface area contributed by atoms with Gasteiger partial charge in [0.25, 0.3) is 0 Å². The Labute approximate surface area is 111 Å². The fourth-order valence-electron chi connectivity index (χ4n) is 2.47. The van der Waals surface area contributed by atoms with Crippen molar-refractivity contribution in [2.45, 2.75) is 39.2 Å². The van der Waals surface area contributed by atoms with Gasteiger partial charge in [-0.05, 0) is 45.4 Å². The summed E-state index contributed by atoms with van der Waals surface area (Å²) in [4.78, 5) is 5.99. The van der Waals surface area contributed by atoms with Gasteiger partial charge in [-0.15, -0.1) is 11.3 Å². The highest BCUT2D eigenvalue weighted by Gasteiger charge is 2.18. The minimum atomic E-state index is 0.613. The molecule has 1 saturated heterocycles. The average molecular weight is 262 g/mol. The fraction of sp³-hybridized carbons (Fsp3) is 0.500. The zero-order valence-electron chi connectivity index (χ0n) is 10.8. The van der Waals surface area contributed by atoms with Crippen molar-refractivity contribution in [2.75, 3.05) is 6.54 Å². The Balaban J connectivity index is 1.81. The summed E-state index contributed by atoms with van der Waals surface area (Å²) in [5, 5.41) is 4.74.